The van der Waals surface area contributed by atoms with Crippen LogP contribution < -0.4 is 15.4 Å². The number of para-hydroxylation sites is 1. The highest BCUT2D eigenvalue weighted by Gasteiger charge is 2.18. The highest BCUT2D eigenvalue weighted by Crippen LogP contribution is 2.30. The molecule has 0 unspecified atom stereocenters. The molecular formula is C18H25N7O3. The van der Waals surface area contributed by atoms with Crippen LogP contribution in [0.4, 0.5) is 11.8 Å². The van der Waals surface area contributed by atoms with Crippen molar-refractivity contribution in [2.45, 2.75) is 26.4 Å². The van der Waals surface area contributed by atoms with Gasteiger partial charge < -0.3 is 25.6 Å². The lowest BCUT2D eigenvalue weighted by Gasteiger charge is -2.20. The van der Waals surface area contributed by atoms with Gasteiger partial charge in [0.1, 0.15) is 0 Å². The summed E-state index contributed by atoms with van der Waals surface area (Å²) in [5.41, 5.74) is 1.72. The van der Waals surface area contributed by atoms with E-state index in [1.165, 1.54) is 7.11 Å². The van der Waals surface area contributed by atoms with Gasteiger partial charge in [-0.05, 0) is 12.0 Å². The fourth-order valence-corrected chi connectivity index (χ4v) is 2.75. The van der Waals surface area contributed by atoms with Crippen molar-refractivity contribution in [3.8, 4) is 11.5 Å². The molecule has 10 heteroatoms. The van der Waals surface area contributed by atoms with Gasteiger partial charge in [-0.25, -0.2) is 4.68 Å². The lowest BCUT2D eigenvalue weighted by atomic mass is 10.1. The highest BCUT2D eigenvalue weighted by atomic mass is 16.5. The SMILES string of the molecule is COc1cccc(CNc2nc(N[C@@H](CO)C(C)C)nc3c2nnn3C)c1O. The molecular weight excluding hydrogens is 362 g/mol. The summed E-state index contributed by atoms with van der Waals surface area (Å²) in [5.74, 6) is 1.50. The minimum Gasteiger partial charge on any atom is -0.504 e. The van der Waals surface area contributed by atoms with Crippen LogP contribution in [0.25, 0.3) is 11.2 Å². The Morgan fingerprint density at radius 2 is 2.04 bits per heavy atom. The molecule has 0 fully saturated rings. The second-order valence-corrected chi connectivity index (χ2v) is 6.78. The van der Waals surface area contributed by atoms with E-state index >= 15 is 0 Å². The maximum absolute atomic E-state index is 10.3. The second-order valence-electron chi connectivity index (χ2n) is 6.78. The summed E-state index contributed by atoms with van der Waals surface area (Å²) in [4.78, 5) is 8.96. The predicted octanol–water partition coefficient (Wildman–Crippen LogP) is 1.51. The molecule has 0 aliphatic carbocycles. The average Bonchev–Trinajstić information content (AvgIpc) is 3.06. The molecule has 4 N–H and O–H groups in total. The number of aryl methyl sites for hydroxylation is 1. The van der Waals surface area contributed by atoms with Crippen LogP contribution in [0.2, 0.25) is 0 Å². The molecule has 1 atom stereocenters. The smallest absolute Gasteiger partial charge is 0.227 e. The topological polar surface area (TPSA) is 130 Å². The Morgan fingerprint density at radius 3 is 2.71 bits per heavy atom. The zero-order valence-corrected chi connectivity index (χ0v) is 16.3. The molecule has 2 heterocycles. The largest absolute Gasteiger partial charge is 0.504 e. The van der Waals surface area contributed by atoms with Gasteiger partial charge >= 0.3 is 0 Å². The third-order valence-electron chi connectivity index (χ3n) is 4.52. The number of nitrogens with zero attached hydrogens (tertiary/aromatic N) is 5. The second kappa shape index (κ2) is 8.26. The number of phenols is 1. The van der Waals surface area contributed by atoms with Crippen molar-refractivity contribution >= 4 is 22.9 Å². The van der Waals surface area contributed by atoms with Crippen molar-refractivity contribution in [2.75, 3.05) is 24.4 Å². The monoisotopic (exact) mass is 387 g/mol. The normalized spacial score (nSPS) is 12.4. The zero-order valence-electron chi connectivity index (χ0n) is 16.3. The Hall–Kier alpha value is -3.14. The molecule has 0 aliphatic heterocycles. The van der Waals surface area contributed by atoms with E-state index in [4.69, 9.17) is 4.74 Å². The number of aliphatic hydroxyl groups is 1. The van der Waals surface area contributed by atoms with Gasteiger partial charge in [0.15, 0.2) is 28.5 Å². The fourth-order valence-electron chi connectivity index (χ4n) is 2.75. The summed E-state index contributed by atoms with van der Waals surface area (Å²) in [6.07, 6.45) is 0. The van der Waals surface area contributed by atoms with Crippen LogP contribution in [0.5, 0.6) is 11.5 Å². The Kier molecular flexibility index (Phi) is 5.78. The van der Waals surface area contributed by atoms with Crippen molar-refractivity contribution in [1.29, 1.82) is 0 Å². The molecule has 10 nitrogen and oxygen atoms in total. The molecule has 0 aliphatic rings. The average molecular weight is 387 g/mol. The molecule has 0 spiro atoms. The predicted molar refractivity (Wildman–Crippen MR) is 105 cm³/mol. The fraction of sp³-hybridized carbons (Fsp3) is 0.444. The van der Waals surface area contributed by atoms with Gasteiger partial charge in [-0.2, -0.15) is 9.97 Å². The van der Waals surface area contributed by atoms with Gasteiger partial charge in [-0.15, -0.1) is 5.10 Å². The Morgan fingerprint density at radius 1 is 1.25 bits per heavy atom. The van der Waals surface area contributed by atoms with Gasteiger partial charge in [-0.3, -0.25) is 0 Å². The molecule has 1 aromatic carbocycles. The summed E-state index contributed by atoms with van der Waals surface area (Å²) in [6.45, 7) is 4.27. The zero-order chi connectivity index (χ0) is 20.3. The van der Waals surface area contributed by atoms with Crippen molar-refractivity contribution in [3.63, 3.8) is 0 Å². The number of ether oxygens (including phenoxy) is 1. The molecule has 0 bridgehead atoms. The lowest BCUT2D eigenvalue weighted by Crippen LogP contribution is -2.30. The number of benzene rings is 1. The first-order valence-corrected chi connectivity index (χ1v) is 8.98. The Labute approximate surface area is 162 Å². The van der Waals surface area contributed by atoms with Crippen molar-refractivity contribution in [2.24, 2.45) is 13.0 Å². The number of hydrogen-bond donors (Lipinski definition) is 4. The maximum atomic E-state index is 10.3. The van der Waals surface area contributed by atoms with E-state index in [0.717, 1.165) is 0 Å². The third-order valence-corrected chi connectivity index (χ3v) is 4.52. The number of aliphatic hydroxyl groups excluding tert-OH is 1. The van der Waals surface area contributed by atoms with E-state index in [1.54, 1.807) is 29.9 Å². The number of phenolic OH excluding ortho intramolecular Hbond substituents is 1. The van der Waals surface area contributed by atoms with Crippen LogP contribution in [-0.2, 0) is 13.6 Å². The van der Waals surface area contributed by atoms with Gasteiger partial charge in [0.2, 0.25) is 5.95 Å². The molecule has 0 saturated heterocycles. The molecule has 2 aromatic heterocycles. The van der Waals surface area contributed by atoms with E-state index in [2.05, 4.69) is 30.9 Å². The Bertz CT molecular complexity index is 958. The number of rotatable bonds is 8. The molecule has 0 saturated carbocycles. The van der Waals surface area contributed by atoms with Crippen molar-refractivity contribution in [3.05, 3.63) is 23.8 Å². The summed E-state index contributed by atoms with van der Waals surface area (Å²) < 4.78 is 6.70. The first kappa shape index (κ1) is 19.6. The summed E-state index contributed by atoms with van der Waals surface area (Å²) in [6, 6.07) is 5.09. The number of nitrogens with one attached hydrogen (secondary N) is 2. The summed E-state index contributed by atoms with van der Waals surface area (Å²) in [7, 11) is 3.25. The molecule has 3 aromatic rings. The van der Waals surface area contributed by atoms with Crippen molar-refractivity contribution < 1.29 is 14.9 Å². The Balaban J connectivity index is 1.91. The van der Waals surface area contributed by atoms with Crippen LogP contribution in [-0.4, -0.2) is 54.9 Å². The number of aromatic hydroxyl groups is 1. The lowest BCUT2D eigenvalue weighted by molar-refractivity contribution is 0.248. The molecule has 0 radical (unpaired) electrons. The van der Waals surface area contributed by atoms with Gasteiger partial charge in [-0.1, -0.05) is 31.2 Å². The third kappa shape index (κ3) is 3.91. The molecule has 0 amide bonds. The van der Waals surface area contributed by atoms with Crippen LogP contribution in [0, 0.1) is 5.92 Å². The van der Waals surface area contributed by atoms with E-state index in [9.17, 15) is 10.2 Å². The molecule has 3 rings (SSSR count). The number of anilines is 2. The van der Waals surface area contributed by atoms with E-state index in [0.29, 0.717) is 40.8 Å². The van der Waals surface area contributed by atoms with E-state index in [-0.39, 0.29) is 24.3 Å². The van der Waals surface area contributed by atoms with Crippen LogP contribution in [0.1, 0.15) is 19.4 Å². The van der Waals surface area contributed by atoms with Crippen molar-refractivity contribution in [1.82, 2.24) is 25.0 Å². The van der Waals surface area contributed by atoms with Gasteiger partial charge in [0, 0.05) is 19.2 Å². The maximum Gasteiger partial charge on any atom is 0.227 e. The first-order valence-electron chi connectivity index (χ1n) is 8.98. The minimum atomic E-state index is -0.186. The molecule has 28 heavy (non-hydrogen) atoms. The summed E-state index contributed by atoms with van der Waals surface area (Å²) in [5, 5.41) is 34.3. The van der Waals surface area contributed by atoms with Crippen LogP contribution in [0.15, 0.2) is 18.2 Å². The minimum absolute atomic E-state index is 0.0385. The quantitative estimate of drug-likeness (QED) is 0.454. The van der Waals surface area contributed by atoms with Crippen LogP contribution >= 0.6 is 0 Å². The first-order chi connectivity index (χ1) is 13.4. The number of methoxy groups -OCH3 is 1. The van der Waals surface area contributed by atoms with Gasteiger partial charge in [0.05, 0.1) is 19.8 Å². The van der Waals surface area contributed by atoms with Crippen LogP contribution in [0.3, 0.4) is 0 Å². The number of fused-ring (bicyclic) bond motifs is 1. The highest BCUT2D eigenvalue weighted by molar-refractivity contribution is 5.83. The van der Waals surface area contributed by atoms with E-state index < -0.39 is 0 Å². The number of aromatic nitrogens is 5. The van der Waals surface area contributed by atoms with Gasteiger partial charge in [0.25, 0.3) is 0 Å². The van der Waals surface area contributed by atoms with E-state index in [1.807, 2.05) is 13.8 Å². The number of hydrogen-bond acceptors (Lipinski definition) is 9. The summed E-state index contributed by atoms with van der Waals surface area (Å²) >= 11 is 0. The standard InChI is InChI=1S/C18H25N7O3/c1-10(2)12(9-26)20-18-21-16(14-17(22-18)25(3)24-23-14)19-8-11-6-5-7-13(28-4)15(11)27/h5-7,10,12,26-27H,8-9H2,1-4H3,(H2,19,20,21,22)/t12-/m0/s1. The molecule has 150 valence electrons.